The van der Waals surface area contributed by atoms with Gasteiger partial charge in [0.05, 0.1) is 18.6 Å². The van der Waals surface area contributed by atoms with Gasteiger partial charge in [-0.15, -0.1) is 0 Å². The Bertz CT molecular complexity index is 563. The van der Waals surface area contributed by atoms with Crippen LogP contribution in [0.1, 0.15) is 31.1 Å². The second-order valence-corrected chi connectivity index (χ2v) is 5.25. The average Bonchev–Trinajstić information content (AvgIpc) is 2.95. The molecule has 1 heterocycles. The van der Waals surface area contributed by atoms with Crippen LogP contribution in [0, 0.1) is 0 Å². The first kappa shape index (κ1) is 15.3. The van der Waals surface area contributed by atoms with Gasteiger partial charge in [-0.05, 0) is 19.4 Å². The lowest BCUT2D eigenvalue weighted by Crippen LogP contribution is -2.33. The first-order chi connectivity index (χ1) is 10.2. The van der Waals surface area contributed by atoms with Gasteiger partial charge in [-0.25, -0.2) is 4.98 Å². The lowest BCUT2D eigenvalue weighted by Gasteiger charge is -2.12. The lowest BCUT2D eigenvalue weighted by molar-refractivity contribution is -0.120. The average molecular weight is 286 g/mol. The Morgan fingerprint density at radius 1 is 1.24 bits per heavy atom. The van der Waals surface area contributed by atoms with E-state index in [4.69, 9.17) is 0 Å². The van der Waals surface area contributed by atoms with Gasteiger partial charge in [0.1, 0.15) is 0 Å². The van der Waals surface area contributed by atoms with Crippen molar-refractivity contribution in [1.29, 1.82) is 0 Å². The van der Waals surface area contributed by atoms with E-state index in [1.165, 1.54) is 0 Å². The van der Waals surface area contributed by atoms with Gasteiger partial charge in [0.15, 0.2) is 0 Å². The molecule has 2 rings (SSSR count). The van der Waals surface area contributed by atoms with Gasteiger partial charge >= 0.3 is 0 Å². The van der Waals surface area contributed by atoms with Crippen molar-refractivity contribution in [2.24, 2.45) is 0 Å². The molecule has 0 saturated heterocycles. The topological polar surface area (TPSA) is 59.0 Å². The quantitative estimate of drug-likeness (QED) is 0.817. The van der Waals surface area contributed by atoms with E-state index in [2.05, 4.69) is 34.0 Å². The van der Waals surface area contributed by atoms with Crippen molar-refractivity contribution >= 4 is 5.91 Å². The summed E-state index contributed by atoms with van der Waals surface area (Å²) in [4.78, 5) is 15.9. The fraction of sp³-hybridized carbons (Fsp3) is 0.375. The van der Waals surface area contributed by atoms with Crippen LogP contribution in [0.2, 0.25) is 0 Å². The van der Waals surface area contributed by atoms with Crippen LogP contribution in [0.15, 0.2) is 42.9 Å². The zero-order valence-electron chi connectivity index (χ0n) is 12.5. The summed E-state index contributed by atoms with van der Waals surface area (Å²) < 4.78 is 2.09. The largest absolute Gasteiger partial charge is 0.351 e. The molecule has 0 radical (unpaired) electrons. The van der Waals surface area contributed by atoms with E-state index in [-0.39, 0.29) is 5.91 Å². The number of carbonyl (C=O) groups excluding carboxylic acids is 1. The van der Waals surface area contributed by atoms with Gasteiger partial charge in [0.2, 0.25) is 5.91 Å². The Hall–Kier alpha value is -2.14. The number of carbonyl (C=O) groups is 1. The fourth-order valence-electron chi connectivity index (χ4n) is 2.10. The normalized spacial score (nSPS) is 10.8. The zero-order chi connectivity index (χ0) is 15.1. The lowest BCUT2D eigenvalue weighted by atomic mass is 10.2. The molecule has 0 aliphatic rings. The predicted octanol–water partition coefficient (Wildman–Crippen LogP) is 1.87. The third kappa shape index (κ3) is 4.72. The molecule has 1 aromatic heterocycles. The minimum Gasteiger partial charge on any atom is -0.351 e. The number of amides is 1. The molecule has 5 nitrogen and oxygen atoms in total. The van der Waals surface area contributed by atoms with Gasteiger partial charge in [0, 0.05) is 25.3 Å². The highest BCUT2D eigenvalue weighted by Crippen LogP contribution is 2.08. The molecule has 0 unspecified atom stereocenters. The van der Waals surface area contributed by atoms with Crippen molar-refractivity contribution in [3.8, 4) is 0 Å². The maximum absolute atomic E-state index is 11.8. The number of benzene rings is 1. The Labute approximate surface area is 125 Å². The predicted molar refractivity (Wildman–Crippen MR) is 82.6 cm³/mol. The van der Waals surface area contributed by atoms with Gasteiger partial charge in [0.25, 0.3) is 0 Å². The molecule has 2 aromatic rings. The number of nitrogens with one attached hydrogen (secondary N) is 2. The van der Waals surface area contributed by atoms with E-state index in [1.54, 1.807) is 0 Å². The third-order valence-corrected chi connectivity index (χ3v) is 3.23. The monoisotopic (exact) mass is 286 g/mol. The van der Waals surface area contributed by atoms with Crippen LogP contribution in [0.3, 0.4) is 0 Å². The first-order valence-corrected chi connectivity index (χ1v) is 7.19. The summed E-state index contributed by atoms with van der Waals surface area (Å²) in [6.07, 6.45) is 3.64. The number of aromatic nitrogens is 2. The highest BCUT2D eigenvalue weighted by Gasteiger charge is 2.06. The minimum absolute atomic E-state index is 0.00512. The summed E-state index contributed by atoms with van der Waals surface area (Å²) in [7, 11) is 0. The second kappa shape index (κ2) is 7.59. The Kier molecular flexibility index (Phi) is 5.51. The van der Waals surface area contributed by atoms with Gasteiger partial charge in [-0.3, -0.25) is 4.79 Å². The molecule has 0 aliphatic carbocycles. The first-order valence-electron chi connectivity index (χ1n) is 7.19. The van der Waals surface area contributed by atoms with E-state index < -0.39 is 0 Å². The third-order valence-electron chi connectivity index (χ3n) is 3.23. The van der Waals surface area contributed by atoms with Crippen molar-refractivity contribution in [1.82, 2.24) is 20.2 Å². The van der Waals surface area contributed by atoms with Crippen molar-refractivity contribution in [2.75, 3.05) is 6.54 Å². The van der Waals surface area contributed by atoms with E-state index >= 15 is 0 Å². The number of hydrogen-bond donors (Lipinski definition) is 2. The molecule has 0 aliphatic heterocycles. The number of nitrogens with zero attached hydrogens (tertiary/aromatic N) is 2. The van der Waals surface area contributed by atoms with Crippen molar-refractivity contribution < 1.29 is 4.79 Å². The number of imidazole rings is 1. The van der Waals surface area contributed by atoms with E-state index in [9.17, 15) is 4.79 Å². The molecule has 0 spiro atoms. The van der Waals surface area contributed by atoms with E-state index in [0.29, 0.717) is 25.7 Å². The molecule has 1 amide bonds. The second-order valence-electron chi connectivity index (χ2n) is 5.25. The number of rotatable bonds is 7. The van der Waals surface area contributed by atoms with Gasteiger partial charge in [-0.1, -0.05) is 30.3 Å². The molecule has 112 valence electrons. The van der Waals surface area contributed by atoms with Crippen LogP contribution in [0.25, 0.3) is 0 Å². The maximum atomic E-state index is 11.8. The summed E-state index contributed by atoms with van der Waals surface area (Å²) in [5.74, 6) is -0.00512. The van der Waals surface area contributed by atoms with E-state index in [1.807, 2.05) is 42.9 Å². The van der Waals surface area contributed by atoms with Gasteiger partial charge < -0.3 is 15.2 Å². The molecule has 0 fully saturated rings. The van der Waals surface area contributed by atoms with Crippen LogP contribution in [0.5, 0.6) is 0 Å². The fourth-order valence-corrected chi connectivity index (χ4v) is 2.10. The highest BCUT2D eigenvalue weighted by atomic mass is 16.1. The molecule has 21 heavy (non-hydrogen) atoms. The zero-order valence-corrected chi connectivity index (χ0v) is 12.5. The van der Waals surface area contributed by atoms with Crippen LogP contribution < -0.4 is 10.6 Å². The molecule has 2 N–H and O–H groups in total. The highest BCUT2D eigenvalue weighted by molar-refractivity contribution is 5.77. The smallest absolute Gasteiger partial charge is 0.234 e. The molecule has 1 aromatic carbocycles. The number of hydrogen-bond acceptors (Lipinski definition) is 3. The minimum atomic E-state index is -0.00512. The maximum Gasteiger partial charge on any atom is 0.234 e. The van der Waals surface area contributed by atoms with Crippen molar-refractivity contribution in [3.05, 3.63) is 54.1 Å². The molecule has 0 bridgehead atoms. The van der Waals surface area contributed by atoms with Crippen LogP contribution in [-0.2, 0) is 17.9 Å². The Morgan fingerprint density at radius 3 is 2.71 bits per heavy atom. The summed E-state index contributed by atoms with van der Waals surface area (Å²) in [5, 5.41) is 6.04. The van der Waals surface area contributed by atoms with Gasteiger partial charge in [-0.2, -0.15) is 0 Å². The summed E-state index contributed by atoms with van der Waals surface area (Å²) in [6, 6.07) is 10.3. The molecular formula is C16H22N4O. The summed E-state index contributed by atoms with van der Waals surface area (Å²) in [5.41, 5.74) is 2.18. The molecule has 0 atom stereocenters. The van der Waals surface area contributed by atoms with Crippen LogP contribution >= 0.6 is 0 Å². The van der Waals surface area contributed by atoms with Crippen molar-refractivity contribution in [2.45, 2.75) is 33.0 Å². The molecule has 5 heteroatoms. The van der Waals surface area contributed by atoms with Crippen LogP contribution in [-0.4, -0.2) is 22.0 Å². The van der Waals surface area contributed by atoms with Crippen molar-refractivity contribution in [3.63, 3.8) is 0 Å². The SMILES string of the molecule is CC(C)n1cncc1CNCC(=O)NCc1ccccc1. The molecular weight excluding hydrogens is 264 g/mol. The van der Waals surface area contributed by atoms with Crippen LogP contribution in [0.4, 0.5) is 0 Å². The summed E-state index contributed by atoms with van der Waals surface area (Å²) >= 11 is 0. The molecule has 0 saturated carbocycles. The Balaban J connectivity index is 1.71. The Morgan fingerprint density at radius 2 is 2.00 bits per heavy atom. The standard InChI is InChI=1S/C16H22N4O/c1-13(2)20-12-18-10-15(20)9-17-11-16(21)19-8-14-6-4-3-5-7-14/h3-7,10,12-13,17H,8-9,11H2,1-2H3,(H,19,21). The summed E-state index contributed by atoms with van der Waals surface area (Å²) in [6.45, 7) is 5.72. The van der Waals surface area contributed by atoms with E-state index in [0.717, 1.165) is 11.3 Å².